The van der Waals surface area contributed by atoms with E-state index in [0.717, 1.165) is 51.6 Å². The maximum Gasteiger partial charge on any atom is 0.175 e. The van der Waals surface area contributed by atoms with Crippen LogP contribution in [0.1, 0.15) is 71.1 Å². The Balaban J connectivity index is 0.00000135. The number of hydrogen-bond acceptors (Lipinski definition) is 8. The number of aliphatic hydroxyl groups excluding tert-OH is 1. The number of hydrogen-bond donors (Lipinski definition) is 2. The molecule has 2 N–H and O–H groups in total. The van der Waals surface area contributed by atoms with Crippen LogP contribution in [0.5, 0.6) is 0 Å². The van der Waals surface area contributed by atoms with Crippen LogP contribution in [0.15, 0.2) is 44.9 Å². The van der Waals surface area contributed by atoms with E-state index in [2.05, 4.69) is 30.1 Å². The van der Waals surface area contributed by atoms with Crippen LogP contribution in [-0.2, 0) is 11.2 Å². The molecule has 8 heteroatoms. The average molecular weight is 567 g/mol. The number of thioether (sulfide) groups is 1. The fourth-order valence-corrected chi connectivity index (χ4v) is 10.7. The molecule has 3 aromatic rings. The highest BCUT2D eigenvalue weighted by molar-refractivity contribution is 8.01. The van der Waals surface area contributed by atoms with Crippen molar-refractivity contribution in [2.24, 2.45) is 28.6 Å². The summed E-state index contributed by atoms with van der Waals surface area (Å²) in [6.07, 6.45) is 7.88. The highest BCUT2D eigenvalue weighted by atomic mass is 32.2. The largest absolute Gasteiger partial charge is 0.393 e. The van der Waals surface area contributed by atoms with Crippen molar-refractivity contribution in [3.63, 3.8) is 0 Å². The first kappa shape index (κ1) is 27.2. The van der Waals surface area contributed by atoms with Gasteiger partial charge in [0.2, 0.25) is 0 Å². The quantitative estimate of drug-likeness (QED) is 0.346. The Morgan fingerprint density at radius 2 is 2.03 bits per heavy atom. The molecule has 4 aliphatic carbocycles. The van der Waals surface area contributed by atoms with Gasteiger partial charge in [-0.2, -0.15) is 0 Å². The van der Waals surface area contributed by atoms with Crippen molar-refractivity contribution in [1.29, 1.82) is 0 Å². The molecule has 0 bridgehead atoms. The van der Waals surface area contributed by atoms with E-state index in [1.807, 2.05) is 44.3 Å². The lowest BCUT2D eigenvalue weighted by molar-refractivity contribution is -0.177. The van der Waals surface area contributed by atoms with Crippen LogP contribution in [-0.4, -0.2) is 43.6 Å². The second-order valence-electron chi connectivity index (χ2n) is 12.1. The third-order valence-corrected chi connectivity index (χ3v) is 12.6. The normalized spacial score (nSPS) is 36.6. The number of fused-ring (bicyclic) bond motifs is 7. The minimum atomic E-state index is -1.42. The van der Waals surface area contributed by atoms with Crippen LogP contribution in [0.3, 0.4) is 0 Å². The summed E-state index contributed by atoms with van der Waals surface area (Å²) in [6.45, 7) is 8.36. The van der Waals surface area contributed by atoms with Gasteiger partial charge in [-0.25, -0.2) is 4.98 Å². The number of rotatable bonds is 4. The predicted octanol–water partition coefficient (Wildman–Crippen LogP) is 6.56. The second-order valence-corrected chi connectivity index (χ2v) is 14.3. The molecular formula is C31H38N2O4S2. The lowest BCUT2D eigenvalue weighted by atomic mass is 9.45. The number of para-hydroxylation sites is 1. The van der Waals surface area contributed by atoms with Crippen LogP contribution in [0.2, 0.25) is 0 Å². The molecule has 0 radical (unpaired) electrons. The molecule has 7 rings (SSSR count). The minimum absolute atomic E-state index is 0.100. The van der Waals surface area contributed by atoms with E-state index in [4.69, 9.17) is 4.52 Å². The Labute approximate surface area is 238 Å². The fraction of sp³-hybridized carbons (Fsp3) is 0.581. The summed E-state index contributed by atoms with van der Waals surface area (Å²) in [5.41, 5.74) is 1.19. The summed E-state index contributed by atoms with van der Waals surface area (Å²) in [5, 5.41) is 27.7. The Kier molecular flexibility index (Phi) is 6.85. The van der Waals surface area contributed by atoms with Crippen LogP contribution in [0.4, 0.5) is 0 Å². The van der Waals surface area contributed by atoms with Gasteiger partial charge >= 0.3 is 0 Å². The zero-order valence-electron chi connectivity index (χ0n) is 23.1. The summed E-state index contributed by atoms with van der Waals surface area (Å²) in [7, 11) is 0. The van der Waals surface area contributed by atoms with Crippen LogP contribution in [0.25, 0.3) is 16.3 Å². The molecule has 4 aliphatic rings. The van der Waals surface area contributed by atoms with Gasteiger partial charge in [-0.3, -0.25) is 4.79 Å². The van der Waals surface area contributed by atoms with E-state index < -0.39 is 17.1 Å². The van der Waals surface area contributed by atoms with Crippen molar-refractivity contribution < 1.29 is 19.5 Å². The van der Waals surface area contributed by atoms with Gasteiger partial charge in [-0.05, 0) is 79.9 Å². The first-order chi connectivity index (χ1) is 18.7. The molecule has 7 atom stereocenters. The Bertz CT molecular complexity index is 1400. The van der Waals surface area contributed by atoms with Gasteiger partial charge in [-0.1, -0.05) is 62.3 Å². The summed E-state index contributed by atoms with van der Waals surface area (Å²) >= 11 is 3.01. The Morgan fingerprint density at radius 3 is 2.82 bits per heavy atom. The summed E-state index contributed by atoms with van der Waals surface area (Å²) in [5.74, 6) is 1.52. The van der Waals surface area contributed by atoms with Crippen LogP contribution < -0.4 is 0 Å². The van der Waals surface area contributed by atoms with Gasteiger partial charge < -0.3 is 14.7 Å². The van der Waals surface area contributed by atoms with E-state index in [0.29, 0.717) is 12.8 Å². The molecule has 6 nitrogen and oxygen atoms in total. The fourth-order valence-electron chi connectivity index (χ4n) is 8.64. The third kappa shape index (κ3) is 4.00. The molecule has 3 fully saturated rings. The first-order valence-corrected chi connectivity index (χ1v) is 16.1. The molecule has 2 heterocycles. The van der Waals surface area contributed by atoms with E-state index >= 15 is 0 Å². The molecule has 6 unspecified atom stereocenters. The van der Waals surface area contributed by atoms with Crippen molar-refractivity contribution in [2.45, 2.75) is 82.3 Å². The molecule has 39 heavy (non-hydrogen) atoms. The molecule has 3 saturated carbocycles. The number of ketones is 1. The lowest BCUT2D eigenvalue weighted by Gasteiger charge is -2.60. The van der Waals surface area contributed by atoms with Crippen molar-refractivity contribution in [3.8, 4) is 0 Å². The maximum atomic E-state index is 13.7. The number of thiazole rings is 1. The number of benzene rings is 1. The maximum absolute atomic E-state index is 13.7. The van der Waals surface area contributed by atoms with E-state index in [9.17, 15) is 15.0 Å². The highest BCUT2D eigenvalue weighted by Gasteiger charge is 2.68. The van der Waals surface area contributed by atoms with E-state index in [-0.39, 0.29) is 34.7 Å². The first-order valence-electron chi connectivity index (χ1n) is 14.3. The zero-order valence-corrected chi connectivity index (χ0v) is 24.8. The smallest absolute Gasteiger partial charge is 0.175 e. The number of carbonyl (C=O) groups is 1. The number of carbonyl (C=O) groups excluding carboxylic acids is 1. The van der Waals surface area contributed by atoms with Crippen molar-refractivity contribution >= 4 is 45.2 Å². The molecule has 1 aromatic carbocycles. The second kappa shape index (κ2) is 9.82. The van der Waals surface area contributed by atoms with Crippen molar-refractivity contribution in [3.05, 3.63) is 47.4 Å². The van der Waals surface area contributed by atoms with Crippen LogP contribution in [0, 0.1) is 28.6 Å². The van der Waals surface area contributed by atoms with E-state index in [1.165, 1.54) is 17.3 Å². The van der Waals surface area contributed by atoms with Gasteiger partial charge in [-0.15, -0.1) is 11.3 Å². The Hall–Kier alpha value is -2.00. The lowest BCUT2D eigenvalue weighted by Crippen LogP contribution is -2.62. The number of aliphatic hydroxyl groups is 2. The van der Waals surface area contributed by atoms with Gasteiger partial charge in [0.15, 0.2) is 15.9 Å². The predicted molar refractivity (Wildman–Crippen MR) is 156 cm³/mol. The number of Topliss-reactive ketones (excluding diaryl/α,β-unsaturated/α-hetero) is 1. The standard InChI is InChI=1S/C29H32N2O4S2.C2H6/c1-27-12-16-14-30-35-22(16)11-17(27)7-8-18-19-9-10-29(34,28(19,2)13-21(32)25(18)27)24(33)15-36-26-31-20-5-3-4-6-23(20)37-26;1-2/h3-6,11,14,18-19,21,25,32,34H,7-10,12-13,15H2,1-2H3;1-2H3/t18?,19?,21?,25?,27?,28?,29-;/m0./s1. The van der Waals surface area contributed by atoms with Gasteiger partial charge in [0.1, 0.15) is 5.60 Å². The number of aromatic nitrogens is 2. The minimum Gasteiger partial charge on any atom is -0.393 e. The average Bonchev–Trinajstić information content (AvgIpc) is 3.62. The molecule has 0 aliphatic heterocycles. The van der Waals surface area contributed by atoms with Gasteiger partial charge in [0.25, 0.3) is 0 Å². The van der Waals surface area contributed by atoms with Gasteiger partial charge in [0.05, 0.1) is 28.3 Å². The number of allylic oxidation sites excluding steroid dienone is 1. The van der Waals surface area contributed by atoms with E-state index in [1.54, 1.807) is 11.3 Å². The highest BCUT2D eigenvalue weighted by Crippen LogP contribution is 2.67. The van der Waals surface area contributed by atoms with Crippen molar-refractivity contribution in [1.82, 2.24) is 10.1 Å². The molecule has 0 amide bonds. The third-order valence-electron chi connectivity index (χ3n) is 10.4. The van der Waals surface area contributed by atoms with Crippen LogP contribution >= 0.6 is 23.1 Å². The summed E-state index contributed by atoms with van der Waals surface area (Å²) in [4.78, 5) is 18.3. The van der Waals surface area contributed by atoms with Crippen molar-refractivity contribution in [2.75, 3.05) is 5.75 Å². The Morgan fingerprint density at radius 1 is 1.23 bits per heavy atom. The molecule has 0 saturated heterocycles. The molecule has 208 valence electrons. The number of nitrogens with zero attached hydrogens (tertiary/aromatic N) is 2. The van der Waals surface area contributed by atoms with Gasteiger partial charge in [0, 0.05) is 11.0 Å². The zero-order chi connectivity index (χ0) is 27.6. The summed E-state index contributed by atoms with van der Waals surface area (Å²) in [6, 6.07) is 7.98. The molecular weight excluding hydrogens is 528 g/mol. The topological polar surface area (TPSA) is 96.5 Å². The molecule has 0 spiro atoms. The monoisotopic (exact) mass is 566 g/mol. The molecule has 2 aromatic heterocycles. The SMILES string of the molecule is CC.CC12Cc3cnoc3C=C1CCC1C2C(O)CC2(C)C1CC[C@]2(O)C(=O)CSc1nc2ccccc2s1. The summed E-state index contributed by atoms with van der Waals surface area (Å²) < 4.78 is 7.41.